The van der Waals surface area contributed by atoms with Crippen molar-refractivity contribution in [3.8, 4) is 0 Å². The minimum Gasteiger partial charge on any atom is -0.351 e. The Kier molecular flexibility index (Phi) is 10.8. The molecule has 3 aliphatic rings. The van der Waals surface area contributed by atoms with Gasteiger partial charge in [-0.3, -0.25) is 19.7 Å². The van der Waals surface area contributed by atoms with Gasteiger partial charge in [0.15, 0.2) is 5.82 Å². The Morgan fingerprint density at radius 1 is 0.925 bits per heavy atom. The highest BCUT2D eigenvalue weighted by Crippen LogP contribution is 2.34. The van der Waals surface area contributed by atoms with Crippen LogP contribution in [0.3, 0.4) is 0 Å². The van der Waals surface area contributed by atoms with Crippen LogP contribution in [0.2, 0.25) is 0 Å². The van der Waals surface area contributed by atoms with Crippen molar-refractivity contribution >= 4 is 44.6 Å². The summed E-state index contributed by atoms with van der Waals surface area (Å²) in [5, 5.41) is 11.3. The fraction of sp³-hybridized carbons (Fsp3) is 0.513. The zero-order valence-corrected chi connectivity index (χ0v) is 32.0. The fourth-order valence-electron chi connectivity index (χ4n) is 7.95. The Bertz CT molecular complexity index is 2050. The van der Waals surface area contributed by atoms with E-state index in [1.165, 1.54) is 5.56 Å². The number of sulfonamides is 1. The third-order valence-corrected chi connectivity index (χ3v) is 12.9. The van der Waals surface area contributed by atoms with Gasteiger partial charge < -0.3 is 10.2 Å². The Balaban J connectivity index is 0.896. The number of amides is 3. The number of urea groups is 1. The van der Waals surface area contributed by atoms with Gasteiger partial charge in [-0.25, -0.2) is 23.2 Å². The molecular weight excluding hydrogens is 691 g/mol. The van der Waals surface area contributed by atoms with E-state index >= 15 is 0 Å². The van der Waals surface area contributed by atoms with E-state index in [2.05, 4.69) is 69.6 Å². The second-order valence-electron chi connectivity index (χ2n) is 15.3. The van der Waals surface area contributed by atoms with E-state index in [1.807, 2.05) is 42.3 Å². The standard InChI is InChI=1S/C39H51N9O4S/c1-26(2)31-23-40-38(41-24-31)42-32-12-17-47(18-13-32)53(51,52)33-7-5-6-28(21-33)20-27(3)25-46-15-10-29(11-16-46)30-8-9-34-35(22-30)45(4)44-37(34)48-19-14-36(49)43-39(48)50/h5-9,21-24,26-27,29,32H,10-20,25H2,1-4H3,(H,40,41,42)(H,43,49,50). The van der Waals surface area contributed by atoms with Gasteiger partial charge in [-0.2, -0.15) is 9.40 Å². The van der Waals surface area contributed by atoms with E-state index in [1.54, 1.807) is 15.3 Å². The number of carbonyl (C=O) groups is 2. The molecule has 0 radical (unpaired) electrons. The molecule has 282 valence electrons. The van der Waals surface area contributed by atoms with Crippen molar-refractivity contribution in [3.63, 3.8) is 0 Å². The van der Waals surface area contributed by atoms with Gasteiger partial charge in [0, 0.05) is 63.5 Å². The van der Waals surface area contributed by atoms with Gasteiger partial charge in [-0.05, 0) is 104 Å². The molecular formula is C39H51N9O4S. The van der Waals surface area contributed by atoms with Gasteiger partial charge in [0.1, 0.15) is 0 Å². The van der Waals surface area contributed by atoms with Crippen molar-refractivity contribution in [2.75, 3.05) is 49.5 Å². The highest BCUT2D eigenvalue weighted by molar-refractivity contribution is 7.89. The summed E-state index contributed by atoms with van der Waals surface area (Å²) in [4.78, 5) is 37.5. The van der Waals surface area contributed by atoms with Crippen LogP contribution in [0.25, 0.3) is 10.9 Å². The summed E-state index contributed by atoms with van der Waals surface area (Å²) in [6.45, 7) is 10.7. The second-order valence-corrected chi connectivity index (χ2v) is 17.3. The number of likely N-dealkylation sites (tertiary alicyclic amines) is 1. The fourth-order valence-corrected chi connectivity index (χ4v) is 9.49. The highest BCUT2D eigenvalue weighted by Gasteiger charge is 2.31. The molecule has 3 aliphatic heterocycles. The van der Waals surface area contributed by atoms with Gasteiger partial charge in [0.25, 0.3) is 0 Å². The molecule has 1 atom stereocenters. The van der Waals surface area contributed by atoms with Gasteiger partial charge in [0.2, 0.25) is 21.9 Å². The molecule has 2 aromatic heterocycles. The third-order valence-electron chi connectivity index (χ3n) is 11.0. The number of anilines is 2. The molecule has 14 heteroatoms. The van der Waals surface area contributed by atoms with Gasteiger partial charge >= 0.3 is 6.03 Å². The van der Waals surface area contributed by atoms with Crippen molar-refractivity contribution in [1.29, 1.82) is 0 Å². The lowest BCUT2D eigenvalue weighted by Crippen LogP contribution is -2.49. The summed E-state index contributed by atoms with van der Waals surface area (Å²) in [6, 6.07) is 13.6. The normalized spacial score (nSPS) is 19.2. The average molecular weight is 742 g/mol. The van der Waals surface area contributed by atoms with Crippen LogP contribution in [0.1, 0.15) is 81.4 Å². The smallest absolute Gasteiger partial charge is 0.329 e. The Morgan fingerprint density at radius 2 is 1.66 bits per heavy atom. The molecule has 1 unspecified atom stereocenters. The van der Waals surface area contributed by atoms with E-state index in [-0.39, 0.29) is 18.4 Å². The molecule has 2 N–H and O–H groups in total. The number of hydrogen-bond donors (Lipinski definition) is 2. The lowest BCUT2D eigenvalue weighted by atomic mass is 9.88. The lowest BCUT2D eigenvalue weighted by Gasteiger charge is -2.34. The Labute approximate surface area is 312 Å². The van der Waals surface area contributed by atoms with Crippen LogP contribution in [-0.4, -0.2) is 94.6 Å². The summed E-state index contributed by atoms with van der Waals surface area (Å²) < 4.78 is 30.8. The maximum atomic E-state index is 13.7. The van der Waals surface area contributed by atoms with Crippen molar-refractivity contribution < 1.29 is 18.0 Å². The number of fused-ring (bicyclic) bond motifs is 1. The number of piperidine rings is 2. The Hall–Kier alpha value is -4.40. The number of hydrogen-bond acceptors (Lipinski definition) is 9. The number of imide groups is 1. The zero-order chi connectivity index (χ0) is 37.3. The van der Waals surface area contributed by atoms with Crippen LogP contribution >= 0.6 is 0 Å². The topological polar surface area (TPSA) is 146 Å². The number of nitrogens with one attached hydrogen (secondary N) is 2. The molecule has 0 spiro atoms. The van der Waals surface area contributed by atoms with Crippen LogP contribution in [0.4, 0.5) is 16.6 Å². The molecule has 3 amide bonds. The molecule has 5 heterocycles. The van der Waals surface area contributed by atoms with Crippen molar-refractivity contribution in [3.05, 3.63) is 71.5 Å². The summed E-state index contributed by atoms with van der Waals surface area (Å²) in [6.07, 6.45) is 8.28. The van der Waals surface area contributed by atoms with Gasteiger partial charge in [0.05, 0.1) is 10.4 Å². The molecule has 0 bridgehead atoms. The van der Waals surface area contributed by atoms with Crippen LogP contribution in [0.15, 0.2) is 59.8 Å². The van der Waals surface area contributed by atoms with Crippen molar-refractivity contribution in [1.82, 2.24) is 34.3 Å². The quantitative estimate of drug-likeness (QED) is 0.210. The summed E-state index contributed by atoms with van der Waals surface area (Å²) in [5.74, 6) is 2.09. The monoisotopic (exact) mass is 741 g/mol. The molecule has 0 aliphatic carbocycles. The van der Waals surface area contributed by atoms with Crippen LogP contribution in [0, 0.1) is 5.92 Å². The first kappa shape index (κ1) is 36.9. The molecule has 3 fully saturated rings. The van der Waals surface area contributed by atoms with Crippen molar-refractivity contribution in [2.24, 2.45) is 13.0 Å². The SMILES string of the molecule is CC(Cc1cccc(S(=O)(=O)N2CCC(Nc3ncc(C(C)C)cn3)CC2)c1)CN1CCC(c2ccc3c(N4CCC(=O)NC4=O)nn(C)c3c2)CC1. The number of aromatic nitrogens is 4. The first-order valence-electron chi connectivity index (χ1n) is 18.9. The first-order valence-corrected chi connectivity index (χ1v) is 20.4. The number of aryl methyl sites for hydroxylation is 1. The molecule has 53 heavy (non-hydrogen) atoms. The van der Waals surface area contributed by atoms with Crippen LogP contribution < -0.4 is 15.5 Å². The minimum atomic E-state index is -3.59. The van der Waals surface area contributed by atoms with Gasteiger partial charge in [-0.1, -0.05) is 39.0 Å². The zero-order valence-electron chi connectivity index (χ0n) is 31.2. The van der Waals surface area contributed by atoms with Crippen molar-refractivity contribution in [2.45, 2.75) is 82.1 Å². The lowest BCUT2D eigenvalue weighted by molar-refractivity contribution is -0.120. The molecule has 7 rings (SSSR count). The predicted octanol–water partition coefficient (Wildman–Crippen LogP) is 5.26. The van der Waals surface area contributed by atoms with E-state index in [0.29, 0.717) is 66.9 Å². The van der Waals surface area contributed by atoms with E-state index in [4.69, 9.17) is 0 Å². The highest BCUT2D eigenvalue weighted by atomic mass is 32.2. The molecule has 13 nitrogen and oxygen atoms in total. The Morgan fingerprint density at radius 3 is 2.36 bits per heavy atom. The molecule has 3 saturated heterocycles. The largest absolute Gasteiger partial charge is 0.351 e. The maximum absolute atomic E-state index is 13.7. The van der Waals surface area contributed by atoms with Crippen LogP contribution in [-0.2, 0) is 28.3 Å². The second kappa shape index (κ2) is 15.5. The molecule has 2 aromatic carbocycles. The van der Waals surface area contributed by atoms with Gasteiger partial charge in [-0.15, -0.1) is 0 Å². The number of carbonyl (C=O) groups excluding carboxylic acids is 2. The third kappa shape index (κ3) is 8.24. The summed E-state index contributed by atoms with van der Waals surface area (Å²) >= 11 is 0. The summed E-state index contributed by atoms with van der Waals surface area (Å²) in [7, 11) is -1.70. The number of nitrogens with zero attached hydrogens (tertiary/aromatic N) is 7. The average Bonchev–Trinajstić information content (AvgIpc) is 3.47. The predicted molar refractivity (Wildman–Crippen MR) is 205 cm³/mol. The summed E-state index contributed by atoms with van der Waals surface area (Å²) in [5.41, 5.74) is 4.39. The maximum Gasteiger partial charge on any atom is 0.329 e. The van der Waals surface area contributed by atoms with E-state index in [9.17, 15) is 18.0 Å². The van der Waals surface area contributed by atoms with E-state index in [0.717, 1.165) is 60.9 Å². The first-order chi connectivity index (χ1) is 25.4. The minimum absolute atomic E-state index is 0.131. The number of rotatable bonds is 11. The van der Waals surface area contributed by atoms with Crippen LogP contribution in [0.5, 0.6) is 0 Å². The van der Waals surface area contributed by atoms with E-state index < -0.39 is 16.1 Å². The number of benzene rings is 2. The molecule has 4 aromatic rings. The molecule has 0 saturated carbocycles.